The van der Waals surface area contributed by atoms with Crippen LogP contribution in [-0.4, -0.2) is 30.3 Å². The van der Waals surface area contributed by atoms with Crippen LogP contribution in [0, 0.1) is 0 Å². The standard InChI is InChI=1S/C25H27NO2/c1-4-10-21(11-5-1)16-26(17-22-12-6-2-7-13-22)18-24-25(28-24)20-27-19-23-14-8-3-9-15-23/h1-15,24-25H,16-20H2/t24-,25-/m0/s1. The molecule has 28 heavy (non-hydrogen) atoms. The summed E-state index contributed by atoms with van der Waals surface area (Å²) in [5.74, 6) is 0. The second-order valence-corrected chi connectivity index (χ2v) is 7.35. The smallest absolute Gasteiger partial charge is 0.109 e. The maximum absolute atomic E-state index is 5.89. The average Bonchev–Trinajstić information content (AvgIpc) is 3.48. The topological polar surface area (TPSA) is 25.0 Å². The SMILES string of the molecule is c1ccc(COC[C@@H]2O[C@H]2CN(Cc2ccccc2)Cc2ccccc2)cc1. The van der Waals surface area contributed by atoms with Gasteiger partial charge < -0.3 is 9.47 Å². The molecule has 1 saturated heterocycles. The highest BCUT2D eigenvalue weighted by atomic mass is 16.6. The summed E-state index contributed by atoms with van der Waals surface area (Å²) in [6, 6.07) is 31.6. The molecule has 3 aromatic carbocycles. The Bertz CT molecular complexity index is 781. The summed E-state index contributed by atoms with van der Waals surface area (Å²) in [7, 11) is 0. The molecule has 0 spiro atoms. The van der Waals surface area contributed by atoms with Crippen molar-refractivity contribution < 1.29 is 9.47 Å². The van der Waals surface area contributed by atoms with Crippen LogP contribution in [0.1, 0.15) is 16.7 Å². The zero-order valence-electron chi connectivity index (χ0n) is 16.1. The number of nitrogens with zero attached hydrogens (tertiary/aromatic N) is 1. The van der Waals surface area contributed by atoms with E-state index in [1.807, 2.05) is 18.2 Å². The van der Waals surface area contributed by atoms with Crippen LogP contribution in [0.3, 0.4) is 0 Å². The molecule has 144 valence electrons. The van der Waals surface area contributed by atoms with Crippen molar-refractivity contribution in [1.82, 2.24) is 4.90 Å². The van der Waals surface area contributed by atoms with Gasteiger partial charge in [-0.1, -0.05) is 91.0 Å². The lowest BCUT2D eigenvalue weighted by Crippen LogP contribution is -2.28. The van der Waals surface area contributed by atoms with E-state index in [0.29, 0.717) is 13.2 Å². The third-order valence-corrected chi connectivity index (χ3v) is 5.02. The fraction of sp³-hybridized carbons (Fsp3) is 0.280. The van der Waals surface area contributed by atoms with Gasteiger partial charge in [-0.2, -0.15) is 0 Å². The van der Waals surface area contributed by atoms with Gasteiger partial charge in [0.25, 0.3) is 0 Å². The van der Waals surface area contributed by atoms with E-state index < -0.39 is 0 Å². The lowest BCUT2D eigenvalue weighted by Gasteiger charge is -2.22. The van der Waals surface area contributed by atoms with Gasteiger partial charge in [0.2, 0.25) is 0 Å². The molecular weight excluding hydrogens is 346 g/mol. The van der Waals surface area contributed by atoms with Crippen LogP contribution in [0.5, 0.6) is 0 Å². The second kappa shape index (κ2) is 9.65. The number of hydrogen-bond donors (Lipinski definition) is 0. The van der Waals surface area contributed by atoms with E-state index in [2.05, 4.69) is 77.7 Å². The molecule has 0 saturated carbocycles. The first kappa shape index (κ1) is 18.9. The second-order valence-electron chi connectivity index (χ2n) is 7.35. The lowest BCUT2D eigenvalue weighted by molar-refractivity contribution is 0.104. The van der Waals surface area contributed by atoms with E-state index in [0.717, 1.165) is 19.6 Å². The minimum Gasteiger partial charge on any atom is -0.374 e. The van der Waals surface area contributed by atoms with Crippen molar-refractivity contribution in [1.29, 1.82) is 0 Å². The molecule has 0 bridgehead atoms. The Morgan fingerprint density at radius 2 is 1.14 bits per heavy atom. The van der Waals surface area contributed by atoms with Crippen LogP contribution in [0.4, 0.5) is 0 Å². The van der Waals surface area contributed by atoms with E-state index in [4.69, 9.17) is 9.47 Å². The summed E-state index contributed by atoms with van der Waals surface area (Å²) in [5, 5.41) is 0. The van der Waals surface area contributed by atoms with Crippen LogP contribution in [-0.2, 0) is 29.2 Å². The molecule has 0 amide bonds. The van der Waals surface area contributed by atoms with Gasteiger partial charge >= 0.3 is 0 Å². The zero-order valence-corrected chi connectivity index (χ0v) is 16.1. The molecule has 0 radical (unpaired) electrons. The maximum Gasteiger partial charge on any atom is 0.109 e. The average molecular weight is 373 g/mol. The molecule has 1 heterocycles. The van der Waals surface area contributed by atoms with E-state index in [1.54, 1.807) is 0 Å². The monoisotopic (exact) mass is 373 g/mol. The molecular formula is C25H27NO2. The van der Waals surface area contributed by atoms with Crippen molar-refractivity contribution >= 4 is 0 Å². The molecule has 0 unspecified atom stereocenters. The molecule has 3 nitrogen and oxygen atoms in total. The van der Waals surface area contributed by atoms with Crippen LogP contribution in [0.25, 0.3) is 0 Å². The number of epoxide rings is 1. The number of benzene rings is 3. The summed E-state index contributed by atoms with van der Waals surface area (Å²) in [6.07, 6.45) is 0.459. The Morgan fingerprint density at radius 3 is 1.68 bits per heavy atom. The van der Waals surface area contributed by atoms with Crippen molar-refractivity contribution in [3.8, 4) is 0 Å². The molecule has 4 rings (SSSR count). The van der Waals surface area contributed by atoms with Crippen LogP contribution in [0.2, 0.25) is 0 Å². The first-order valence-corrected chi connectivity index (χ1v) is 9.94. The van der Waals surface area contributed by atoms with Crippen LogP contribution < -0.4 is 0 Å². The van der Waals surface area contributed by atoms with E-state index in [1.165, 1.54) is 16.7 Å². The summed E-state index contributed by atoms with van der Waals surface area (Å²) in [4.78, 5) is 2.46. The van der Waals surface area contributed by atoms with Gasteiger partial charge in [-0.15, -0.1) is 0 Å². The number of ether oxygens (including phenoxy) is 2. The van der Waals surface area contributed by atoms with Gasteiger partial charge in [0.1, 0.15) is 6.10 Å². The molecule has 1 aliphatic heterocycles. The summed E-state index contributed by atoms with van der Waals surface area (Å²) >= 11 is 0. The molecule has 1 fully saturated rings. The van der Waals surface area contributed by atoms with Crippen LogP contribution in [0.15, 0.2) is 91.0 Å². The normalized spacial score (nSPS) is 18.3. The number of hydrogen-bond acceptors (Lipinski definition) is 3. The minimum atomic E-state index is 0.206. The van der Waals surface area contributed by atoms with Crippen molar-refractivity contribution in [2.45, 2.75) is 31.9 Å². The minimum absolute atomic E-state index is 0.206. The number of rotatable bonds is 10. The summed E-state index contributed by atoms with van der Waals surface area (Å²) < 4.78 is 11.7. The van der Waals surface area contributed by atoms with Gasteiger partial charge in [-0.05, 0) is 16.7 Å². The Kier molecular flexibility index (Phi) is 6.51. The van der Waals surface area contributed by atoms with Gasteiger partial charge in [0.15, 0.2) is 0 Å². The summed E-state index contributed by atoms with van der Waals surface area (Å²) in [6.45, 7) is 4.07. The zero-order chi connectivity index (χ0) is 19.0. The van der Waals surface area contributed by atoms with Gasteiger partial charge in [-0.3, -0.25) is 4.90 Å². The molecule has 0 N–H and O–H groups in total. The molecule has 0 aliphatic carbocycles. The third-order valence-electron chi connectivity index (χ3n) is 5.02. The molecule has 1 aliphatic rings. The lowest BCUT2D eigenvalue weighted by atomic mass is 10.1. The maximum atomic E-state index is 5.89. The van der Waals surface area contributed by atoms with E-state index in [-0.39, 0.29) is 12.2 Å². The first-order chi connectivity index (χ1) is 13.9. The highest BCUT2D eigenvalue weighted by molar-refractivity contribution is 5.17. The Labute approximate surface area is 167 Å². The fourth-order valence-electron chi connectivity index (χ4n) is 3.48. The van der Waals surface area contributed by atoms with E-state index >= 15 is 0 Å². The highest BCUT2D eigenvalue weighted by Crippen LogP contribution is 2.25. The molecule has 0 aromatic heterocycles. The van der Waals surface area contributed by atoms with Gasteiger partial charge in [-0.25, -0.2) is 0 Å². The van der Waals surface area contributed by atoms with Crippen molar-refractivity contribution in [2.75, 3.05) is 13.2 Å². The van der Waals surface area contributed by atoms with Crippen molar-refractivity contribution in [3.63, 3.8) is 0 Å². The largest absolute Gasteiger partial charge is 0.374 e. The predicted octanol–water partition coefficient (Wildman–Crippen LogP) is 4.67. The Morgan fingerprint density at radius 1 is 0.643 bits per heavy atom. The quantitative estimate of drug-likeness (QED) is 0.483. The van der Waals surface area contributed by atoms with Gasteiger partial charge in [0.05, 0.1) is 19.3 Å². The Hall–Kier alpha value is -2.46. The fourth-order valence-corrected chi connectivity index (χ4v) is 3.48. The highest BCUT2D eigenvalue weighted by Gasteiger charge is 2.40. The van der Waals surface area contributed by atoms with Crippen LogP contribution >= 0.6 is 0 Å². The first-order valence-electron chi connectivity index (χ1n) is 9.94. The van der Waals surface area contributed by atoms with Gasteiger partial charge in [0, 0.05) is 19.6 Å². The predicted molar refractivity (Wildman–Crippen MR) is 112 cm³/mol. The molecule has 2 atom stereocenters. The molecule has 3 heteroatoms. The third kappa shape index (κ3) is 5.77. The summed E-state index contributed by atoms with van der Waals surface area (Å²) in [5.41, 5.74) is 3.86. The molecule has 3 aromatic rings. The van der Waals surface area contributed by atoms with Crippen molar-refractivity contribution in [3.05, 3.63) is 108 Å². The van der Waals surface area contributed by atoms with Crippen molar-refractivity contribution in [2.24, 2.45) is 0 Å². The Balaban J connectivity index is 1.28. The van der Waals surface area contributed by atoms with E-state index in [9.17, 15) is 0 Å².